The van der Waals surface area contributed by atoms with Gasteiger partial charge in [0.1, 0.15) is 11.4 Å². The van der Waals surface area contributed by atoms with E-state index in [1.165, 1.54) is 12.1 Å². The van der Waals surface area contributed by atoms with E-state index in [-0.39, 0.29) is 17.0 Å². The molecular formula is C28H30N6O4. The number of rotatable bonds is 5. The van der Waals surface area contributed by atoms with Gasteiger partial charge >= 0.3 is 0 Å². The van der Waals surface area contributed by atoms with E-state index in [0.717, 1.165) is 16.9 Å². The van der Waals surface area contributed by atoms with Crippen molar-refractivity contribution < 1.29 is 14.5 Å². The molecule has 38 heavy (non-hydrogen) atoms. The van der Waals surface area contributed by atoms with Gasteiger partial charge in [-0.1, -0.05) is 32.9 Å². The number of carbonyl (C=O) groups excluding carboxylic acids is 1. The van der Waals surface area contributed by atoms with Crippen molar-refractivity contribution in [3.05, 3.63) is 82.2 Å². The van der Waals surface area contributed by atoms with E-state index in [4.69, 9.17) is 14.8 Å². The molecule has 10 nitrogen and oxygen atoms in total. The quantitative estimate of drug-likeness (QED) is 0.284. The maximum absolute atomic E-state index is 13.9. The third kappa shape index (κ3) is 4.89. The highest BCUT2D eigenvalue weighted by molar-refractivity contribution is 5.94. The Labute approximate surface area is 220 Å². The molecule has 0 unspecified atom stereocenters. The van der Waals surface area contributed by atoms with Crippen molar-refractivity contribution in [2.45, 2.75) is 26.2 Å². The first-order valence-electron chi connectivity index (χ1n) is 12.5. The number of benzene rings is 2. The monoisotopic (exact) mass is 514 g/mol. The number of methoxy groups -OCH3 is 1. The van der Waals surface area contributed by atoms with Crippen molar-refractivity contribution in [1.82, 2.24) is 19.5 Å². The lowest BCUT2D eigenvalue weighted by atomic mass is 9.93. The number of carbonyl (C=O) groups is 1. The molecule has 1 fully saturated rings. The highest BCUT2D eigenvalue weighted by Gasteiger charge is 2.27. The van der Waals surface area contributed by atoms with Gasteiger partial charge in [0.05, 0.1) is 23.4 Å². The maximum Gasteiger partial charge on any atom is 0.272 e. The summed E-state index contributed by atoms with van der Waals surface area (Å²) in [5.74, 6) is 0.594. The molecule has 0 radical (unpaired) electrons. The third-order valence-corrected chi connectivity index (χ3v) is 6.77. The molecule has 0 bridgehead atoms. The maximum atomic E-state index is 13.9. The molecule has 3 heterocycles. The van der Waals surface area contributed by atoms with Gasteiger partial charge in [0.2, 0.25) is 0 Å². The Bertz CT molecular complexity index is 1500. The van der Waals surface area contributed by atoms with Crippen LogP contribution < -0.4 is 9.64 Å². The van der Waals surface area contributed by atoms with E-state index in [9.17, 15) is 14.9 Å². The summed E-state index contributed by atoms with van der Waals surface area (Å²) < 4.78 is 7.04. The zero-order chi connectivity index (χ0) is 27.0. The average molecular weight is 515 g/mol. The predicted octanol–water partition coefficient (Wildman–Crippen LogP) is 4.57. The second-order valence-electron chi connectivity index (χ2n) is 10.4. The molecule has 1 aliphatic rings. The molecule has 2 aromatic heterocycles. The number of hydrogen-bond donors (Lipinski definition) is 0. The Balaban J connectivity index is 1.45. The fourth-order valence-corrected chi connectivity index (χ4v) is 4.54. The van der Waals surface area contributed by atoms with E-state index in [0.29, 0.717) is 49.0 Å². The minimum Gasteiger partial charge on any atom is -0.497 e. The summed E-state index contributed by atoms with van der Waals surface area (Å²) in [4.78, 5) is 33.2. The molecule has 10 heteroatoms. The SMILES string of the molecule is COc1cccc(-c2cc(C(=O)N3CCN(c4ccc([N+](=O)[O-])cc4)CC3)n3nc(C(C)(C)C)cc3n2)c1. The van der Waals surface area contributed by atoms with Crippen molar-refractivity contribution in [3.8, 4) is 17.0 Å². The lowest BCUT2D eigenvalue weighted by Gasteiger charge is -2.36. The molecule has 1 aliphatic heterocycles. The van der Waals surface area contributed by atoms with E-state index < -0.39 is 4.92 Å². The van der Waals surface area contributed by atoms with Gasteiger partial charge in [0.15, 0.2) is 5.65 Å². The number of hydrogen-bond acceptors (Lipinski definition) is 7. The second kappa shape index (κ2) is 9.77. The van der Waals surface area contributed by atoms with Crippen LogP contribution in [0.5, 0.6) is 5.75 Å². The molecule has 0 spiro atoms. The largest absolute Gasteiger partial charge is 0.497 e. The van der Waals surface area contributed by atoms with Gasteiger partial charge in [0, 0.05) is 61.0 Å². The molecule has 0 N–H and O–H groups in total. The number of nitro groups is 1. The second-order valence-corrected chi connectivity index (χ2v) is 10.4. The van der Waals surface area contributed by atoms with Gasteiger partial charge < -0.3 is 14.5 Å². The van der Waals surface area contributed by atoms with Crippen LogP contribution >= 0.6 is 0 Å². The Kier molecular flexibility index (Phi) is 6.48. The van der Waals surface area contributed by atoms with Crippen LogP contribution in [0.1, 0.15) is 37.0 Å². The first-order valence-corrected chi connectivity index (χ1v) is 12.5. The lowest BCUT2D eigenvalue weighted by molar-refractivity contribution is -0.384. The molecule has 2 aromatic carbocycles. The number of piperazine rings is 1. The van der Waals surface area contributed by atoms with Gasteiger partial charge in [-0.3, -0.25) is 14.9 Å². The number of aromatic nitrogens is 3. The molecular weight excluding hydrogens is 484 g/mol. The average Bonchev–Trinajstić information content (AvgIpc) is 3.37. The van der Waals surface area contributed by atoms with Crippen LogP contribution in [-0.4, -0.2) is 63.6 Å². The number of fused-ring (bicyclic) bond motifs is 1. The van der Waals surface area contributed by atoms with Crippen molar-refractivity contribution in [2.24, 2.45) is 0 Å². The molecule has 1 amide bonds. The molecule has 0 aliphatic carbocycles. The number of non-ortho nitro benzene ring substituents is 1. The summed E-state index contributed by atoms with van der Waals surface area (Å²) in [7, 11) is 1.62. The lowest BCUT2D eigenvalue weighted by Crippen LogP contribution is -2.49. The van der Waals surface area contributed by atoms with Crippen molar-refractivity contribution in [1.29, 1.82) is 0 Å². The van der Waals surface area contributed by atoms with Crippen LogP contribution in [-0.2, 0) is 5.41 Å². The Morgan fingerprint density at radius 2 is 1.71 bits per heavy atom. The summed E-state index contributed by atoms with van der Waals surface area (Å²) in [5, 5.41) is 15.7. The first kappa shape index (κ1) is 25.2. The summed E-state index contributed by atoms with van der Waals surface area (Å²) in [6, 6.07) is 17.9. The molecule has 0 atom stereocenters. The zero-order valence-corrected chi connectivity index (χ0v) is 21.9. The Hall–Kier alpha value is -4.47. The number of anilines is 1. The van der Waals surface area contributed by atoms with Crippen molar-refractivity contribution >= 4 is 22.9 Å². The van der Waals surface area contributed by atoms with E-state index >= 15 is 0 Å². The fraction of sp³-hybridized carbons (Fsp3) is 0.321. The van der Waals surface area contributed by atoms with Gasteiger partial charge in [-0.25, -0.2) is 9.50 Å². The zero-order valence-electron chi connectivity index (χ0n) is 21.9. The van der Waals surface area contributed by atoms with Gasteiger partial charge in [-0.15, -0.1) is 0 Å². The molecule has 0 saturated carbocycles. The normalized spacial score (nSPS) is 14.1. The minimum absolute atomic E-state index is 0.0601. The molecule has 5 rings (SSSR count). The van der Waals surface area contributed by atoms with Gasteiger partial charge in [-0.2, -0.15) is 5.10 Å². The highest BCUT2D eigenvalue weighted by atomic mass is 16.6. The van der Waals surface area contributed by atoms with Gasteiger partial charge in [-0.05, 0) is 30.3 Å². The van der Waals surface area contributed by atoms with Crippen LogP contribution in [0.2, 0.25) is 0 Å². The highest BCUT2D eigenvalue weighted by Crippen LogP contribution is 2.28. The van der Waals surface area contributed by atoms with Crippen molar-refractivity contribution in [3.63, 3.8) is 0 Å². The summed E-state index contributed by atoms with van der Waals surface area (Å²) in [5.41, 5.74) is 4.19. The predicted molar refractivity (Wildman–Crippen MR) is 145 cm³/mol. The summed E-state index contributed by atoms with van der Waals surface area (Å²) >= 11 is 0. The Morgan fingerprint density at radius 3 is 2.34 bits per heavy atom. The van der Waals surface area contributed by atoms with Crippen LogP contribution in [0.3, 0.4) is 0 Å². The number of ether oxygens (including phenoxy) is 1. The molecule has 4 aromatic rings. The number of nitro benzene ring substituents is 1. The van der Waals surface area contributed by atoms with Crippen molar-refractivity contribution in [2.75, 3.05) is 38.2 Å². The van der Waals surface area contributed by atoms with E-state index in [1.54, 1.807) is 29.8 Å². The Morgan fingerprint density at radius 1 is 1.00 bits per heavy atom. The van der Waals surface area contributed by atoms with Crippen LogP contribution in [0.15, 0.2) is 60.7 Å². The summed E-state index contributed by atoms with van der Waals surface area (Å²) in [6.45, 7) is 8.51. The topological polar surface area (TPSA) is 106 Å². The first-order chi connectivity index (χ1) is 18.1. The van der Waals surface area contributed by atoms with Gasteiger partial charge in [0.25, 0.3) is 11.6 Å². The minimum atomic E-state index is -0.407. The van der Waals surface area contributed by atoms with Crippen LogP contribution in [0.25, 0.3) is 16.9 Å². The number of nitrogens with zero attached hydrogens (tertiary/aromatic N) is 6. The fourth-order valence-electron chi connectivity index (χ4n) is 4.54. The van der Waals surface area contributed by atoms with Crippen LogP contribution in [0, 0.1) is 10.1 Å². The molecule has 196 valence electrons. The van der Waals surface area contributed by atoms with E-state index in [1.807, 2.05) is 35.2 Å². The summed E-state index contributed by atoms with van der Waals surface area (Å²) in [6.07, 6.45) is 0. The number of amides is 1. The standard InChI is InChI=1S/C28H30N6O4/c1-28(2,3)25-18-26-29-23(19-6-5-7-22(16-19)38-4)17-24(33(26)30-25)27(35)32-14-12-31(13-15-32)20-8-10-21(11-9-20)34(36)37/h5-11,16-18H,12-15H2,1-4H3. The molecule has 1 saturated heterocycles. The third-order valence-electron chi connectivity index (χ3n) is 6.77. The van der Waals surface area contributed by atoms with E-state index in [2.05, 4.69) is 25.7 Å². The van der Waals surface area contributed by atoms with Crippen LogP contribution in [0.4, 0.5) is 11.4 Å². The smallest absolute Gasteiger partial charge is 0.272 e.